The SMILES string of the molecule is CCC(=O)NCCNC(=O)/N=C(/N)NCCC[C@@H](NC(=O)[C@@H](c1ccccc1)c1cccc(OCCCCNc2c(NCCNC(=O)[C@@H](CCN)NC(C=O)N3CCN(CC(=O)O)CCN(CC(=O)O)CCN(CC(=O)O)CC3)c(=O)c2=O)c1)C(=O)NCc1ccc(O)cc1. The zero-order valence-corrected chi connectivity index (χ0v) is 53.4. The molecule has 17 N–H and O–H groups in total. The predicted octanol–water partition coefficient (Wildman–Crippen LogP) is -2.05. The first kappa shape index (κ1) is 76.1. The largest absolute Gasteiger partial charge is 0.508 e. The Morgan fingerprint density at radius 3 is 1.77 bits per heavy atom. The first-order valence-corrected chi connectivity index (χ1v) is 31.5. The van der Waals surface area contributed by atoms with Crippen molar-refractivity contribution >= 4 is 71.2 Å². The van der Waals surface area contributed by atoms with Crippen LogP contribution in [0.15, 0.2) is 93.4 Å². The third-order valence-electron chi connectivity index (χ3n) is 15.3. The Balaban J connectivity index is 1.13. The quantitative estimate of drug-likeness (QED) is 0.00751. The van der Waals surface area contributed by atoms with Gasteiger partial charge in [0.2, 0.25) is 23.6 Å². The van der Waals surface area contributed by atoms with Gasteiger partial charge in [-0.3, -0.25) is 68.1 Å². The van der Waals surface area contributed by atoms with E-state index in [1.54, 1.807) is 87.2 Å². The van der Waals surface area contributed by atoms with Crippen LogP contribution >= 0.6 is 0 Å². The van der Waals surface area contributed by atoms with E-state index in [1.165, 1.54) is 12.1 Å². The van der Waals surface area contributed by atoms with E-state index in [2.05, 4.69) is 52.8 Å². The van der Waals surface area contributed by atoms with Crippen molar-refractivity contribution in [2.75, 3.05) is 135 Å². The molecule has 4 aromatic rings. The molecule has 1 aliphatic rings. The van der Waals surface area contributed by atoms with Crippen molar-refractivity contribution in [1.82, 2.24) is 56.8 Å². The van der Waals surface area contributed by atoms with Crippen molar-refractivity contribution < 1.29 is 68.3 Å². The number of rotatable bonds is 39. The molecule has 0 bridgehead atoms. The van der Waals surface area contributed by atoms with E-state index in [0.29, 0.717) is 54.4 Å². The fourth-order valence-electron chi connectivity index (χ4n) is 10.2. The van der Waals surface area contributed by atoms with E-state index in [0.717, 1.165) is 0 Å². The number of anilines is 2. The van der Waals surface area contributed by atoms with Crippen LogP contribution in [0.1, 0.15) is 68.1 Å². The lowest BCUT2D eigenvalue weighted by Gasteiger charge is -2.36. The molecular weight excluding hydrogens is 1240 g/mol. The minimum absolute atomic E-state index is 0.0144. The molecule has 5 rings (SSSR count). The molecule has 1 heterocycles. The van der Waals surface area contributed by atoms with E-state index in [4.69, 9.17) is 16.2 Å². The van der Waals surface area contributed by atoms with Crippen molar-refractivity contribution in [3.05, 3.63) is 116 Å². The molecule has 32 heteroatoms. The van der Waals surface area contributed by atoms with Gasteiger partial charge in [-0.25, -0.2) is 4.79 Å². The van der Waals surface area contributed by atoms with Crippen LogP contribution in [0.25, 0.3) is 0 Å². The summed E-state index contributed by atoms with van der Waals surface area (Å²) in [6.45, 7) is 3.04. The van der Waals surface area contributed by atoms with Crippen molar-refractivity contribution in [2.45, 2.75) is 76.2 Å². The van der Waals surface area contributed by atoms with Gasteiger partial charge in [-0.05, 0) is 79.6 Å². The summed E-state index contributed by atoms with van der Waals surface area (Å²) in [5, 5.41) is 64.1. The zero-order valence-electron chi connectivity index (χ0n) is 53.4. The number of ether oxygens (including phenoxy) is 1. The molecule has 0 aromatic heterocycles. The van der Waals surface area contributed by atoms with Crippen LogP contribution in [-0.4, -0.2) is 243 Å². The number of carboxylic acids is 3. The van der Waals surface area contributed by atoms with E-state index >= 15 is 0 Å². The molecular formula is C63H90N16O16. The lowest BCUT2D eigenvalue weighted by molar-refractivity contribution is -0.140. The molecule has 32 nitrogen and oxygen atoms in total. The Bertz CT molecular complexity index is 3210. The fraction of sp³-hybridized carbons (Fsp3) is 0.492. The molecule has 0 saturated carbocycles. The lowest BCUT2D eigenvalue weighted by Crippen LogP contribution is -2.58. The molecule has 6 amide bonds. The highest BCUT2D eigenvalue weighted by molar-refractivity contribution is 5.93. The number of benzene rings is 3. The van der Waals surface area contributed by atoms with E-state index < -0.39 is 76.7 Å². The van der Waals surface area contributed by atoms with Gasteiger partial charge < -0.3 is 84.0 Å². The number of nitrogens with two attached hydrogens (primary N) is 2. The number of aliphatic imine (C=N–C) groups is 1. The number of aldehydes is 1. The fourth-order valence-corrected chi connectivity index (χ4v) is 10.2. The van der Waals surface area contributed by atoms with Crippen LogP contribution in [0.4, 0.5) is 16.2 Å². The Labute approximate surface area is 549 Å². The number of carbonyl (C=O) groups excluding carboxylic acids is 6. The maximum Gasteiger partial charge on any atom is 0.344 e. The third-order valence-corrected chi connectivity index (χ3v) is 15.3. The van der Waals surface area contributed by atoms with Crippen LogP contribution < -0.4 is 74.9 Å². The number of phenols is 1. The van der Waals surface area contributed by atoms with Crippen molar-refractivity contribution in [3.8, 4) is 11.5 Å². The number of hydrogen-bond acceptors (Lipinski definition) is 21. The highest BCUT2D eigenvalue weighted by atomic mass is 16.5. The monoisotopic (exact) mass is 1330 g/mol. The summed E-state index contributed by atoms with van der Waals surface area (Å²) in [7, 11) is 0. The van der Waals surface area contributed by atoms with Crippen LogP contribution in [0, 0.1) is 0 Å². The Morgan fingerprint density at radius 1 is 0.611 bits per heavy atom. The van der Waals surface area contributed by atoms with E-state index in [9.17, 15) is 73.2 Å². The zero-order chi connectivity index (χ0) is 69.1. The Morgan fingerprint density at radius 2 is 1.18 bits per heavy atom. The number of nitrogens with zero attached hydrogens (tertiary/aromatic N) is 5. The number of urea groups is 1. The molecule has 1 unspecified atom stereocenters. The van der Waals surface area contributed by atoms with Crippen LogP contribution in [0.3, 0.4) is 0 Å². The average molecular weight is 1330 g/mol. The summed E-state index contributed by atoms with van der Waals surface area (Å²) in [6, 6.07) is 19.5. The predicted molar refractivity (Wildman–Crippen MR) is 352 cm³/mol. The normalized spacial score (nSPS) is 15.1. The lowest BCUT2D eigenvalue weighted by atomic mass is 9.90. The minimum atomic E-state index is -1.12. The molecule has 0 aliphatic carbocycles. The maximum atomic E-state index is 14.5. The molecule has 518 valence electrons. The summed E-state index contributed by atoms with van der Waals surface area (Å²) in [6.07, 6.45) is 1.34. The molecule has 0 radical (unpaired) electrons. The Hall–Kier alpha value is -9.60. The number of nitrogens with one attached hydrogen (secondary N) is 9. The summed E-state index contributed by atoms with van der Waals surface area (Å²) >= 11 is 0. The number of amides is 6. The van der Waals surface area contributed by atoms with E-state index in [1.807, 2.05) is 6.07 Å². The third kappa shape index (κ3) is 27.5. The molecule has 0 spiro atoms. The van der Waals surface area contributed by atoms with Gasteiger partial charge in [0.1, 0.15) is 35.1 Å². The van der Waals surface area contributed by atoms with Gasteiger partial charge in [0.25, 0.3) is 10.9 Å². The van der Waals surface area contributed by atoms with Crippen molar-refractivity contribution in [1.29, 1.82) is 0 Å². The summed E-state index contributed by atoms with van der Waals surface area (Å²) in [5.74, 6) is -5.52. The molecule has 1 fully saturated rings. The highest BCUT2D eigenvalue weighted by Crippen LogP contribution is 2.29. The van der Waals surface area contributed by atoms with Gasteiger partial charge in [0, 0.05) is 105 Å². The standard InChI is InChI=1S/C63H90N16O16/c1-2-50(82)66-23-26-71-63(94)75-62(65)70-22-9-14-47(60(92)72-37-42-15-17-45(81)18-16-42)74-61(93)54(43-10-4-3-5-11-43)44-12-8-13-46(36-44)95-35-7-6-21-67-55-56(58(90)57(55)89)68-24-25-69-59(91)48(19-20-64)73-49(41-80)79-33-31-77(39-52(85)86)29-27-76(38-51(83)84)28-30-78(32-34-79)40-53(87)88/h3-5,8,10-13,15-18,36,41,47-49,54,67-68,73,81H,2,6-7,9,14,19-35,37-40,64H2,1H3,(H,66,82)(H,69,91)(H,72,92)(H,74,93)(H,83,84)(H,85,86)(H,87,88)(H4,65,70,71,75,94)/t47-,48-,49?,54+/m1/s1. The minimum Gasteiger partial charge on any atom is -0.508 e. The Kier molecular flexibility index (Phi) is 33.0. The second kappa shape index (κ2) is 41.2. The second-order valence-corrected chi connectivity index (χ2v) is 22.4. The number of aromatic hydroxyl groups is 1. The summed E-state index contributed by atoms with van der Waals surface area (Å²) < 4.78 is 6.14. The number of carboxylic acid groups (broad SMARTS) is 3. The number of phenolic OH excluding ortho intramolecular Hbond substituents is 1. The summed E-state index contributed by atoms with van der Waals surface area (Å²) in [5.41, 5.74) is 12.4. The van der Waals surface area contributed by atoms with Crippen molar-refractivity contribution in [3.63, 3.8) is 0 Å². The molecule has 1 aliphatic heterocycles. The molecule has 4 aromatic carbocycles. The van der Waals surface area contributed by atoms with E-state index in [-0.39, 0.29) is 173 Å². The molecule has 1 saturated heterocycles. The second-order valence-electron chi connectivity index (χ2n) is 22.4. The van der Waals surface area contributed by atoms with Crippen LogP contribution in [-0.2, 0) is 44.9 Å². The first-order chi connectivity index (χ1) is 45.7. The number of carbonyl (C=O) groups is 9. The van der Waals surface area contributed by atoms with Crippen LogP contribution in [0.2, 0.25) is 0 Å². The van der Waals surface area contributed by atoms with Gasteiger partial charge in [-0.2, -0.15) is 4.99 Å². The first-order valence-electron chi connectivity index (χ1n) is 31.5. The van der Waals surface area contributed by atoms with Gasteiger partial charge in [-0.15, -0.1) is 0 Å². The highest BCUT2D eigenvalue weighted by Gasteiger charge is 2.31. The number of unbranched alkanes of at least 4 members (excludes halogenated alkanes) is 1. The number of guanidine groups is 1. The average Bonchev–Trinajstić information content (AvgIpc) is 0.831. The van der Waals surface area contributed by atoms with Gasteiger partial charge >= 0.3 is 23.9 Å². The summed E-state index contributed by atoms with van der Waals surface area (Å²) in [4.78, 5) is 149. The molecule has 4 atom stereocenters. The van der Waals surface area contributed by atoms with Gasteiger partial charge in [-0.1, -0.05) is 61.5 Å². The number of aliphatic carboxylic acids is 3. The van der Waals surface area contributed by atoms with Crippen LogP contribution in [0.5, 0.6) is 11.5 Å². The van der Waals surface area contributed by atoms with Gasteiger partial charge in [0.05, 0.1) is 38.2 Å². The maximum absolute atomic E-state index is 14.5. The topological polar surface area (TPSA) is 464 Å². The molecule has 95 heavy (non-hydrogen) atoms. The smallest absolute Gasteiger partial charge is 0.344 e. The van der Waals surface area contributed by atoms with Gasteiger partial charge in [0.15, 0.2) is 12.2 Å². The number of hydrogen-bond donors (Lipinski definition) is 15. The van der Waals surface area contributed by atoms with Crippen molar-refractivity contribution in [2.24, 2.45) is 16.5 Å².